The molecule has 1 aromatic heterocycles. The van der Waals surface area contributed by atoms with Crippen molar-refractivity contribution in [2.75, 3.05) is 34.4 Å². The molecule has 2 aliphatic rings. The Morgan fingerprint density at radius 1 is 1.09 bits per heavy atom. The molecular weight excluding hydrogens is 414 g/mol. The third-order valence-electron chi connectivity index (χ3n) is 6.16. The van der Waals surface area contributed by atoms with E-state index in [9.17, 15) is 9.59 Å². The van der Waals surface area contributed by atoms with Gasteiger partial charge < -0.3 is 28.4 Å². The molecule has 0 saturated carbocycles. The summed E-state index contributed by atoms with van der Waals surface area (Å²) in [5.41, 5.74) is 1.01. The van der Waals surface area contributed by atoms with Gasteiger partial charge in [-0.05, 0) is 30.5 Å². The second kappa shape index (κ2) is 9.50. The number of hydrogen-bond donors (Lipinski definition) is 0. The van der Waals surface area contributed by atoms with Crippen molar-refractivity contribution in [3.63, 3.8) is 0 Å². The number of ether oxygens (including phenoxy) is 4. The molecule has 9 nitrogen and oxygen atoms in total. The molecule has 1 atom stereocenters. The molecule has 9 heteroatoms. The molecule has 2 saturated heterocycles. The van der Waals surface area contributed by atoms with Gasteiger partial charge in [0.2, 0.25) is 5.75 Å². The van der Waals surface area contributed by atoms with E-state index in [-0.39, 0.29) is 17.8 Å². The van der Waals surface area contributed by atoms with Crippen molar-refractivity contribution in [2.24, 2.45) is 0 Å². The van der Waals surface area contributed by atoms with Crippen LogP contribution in [0.5, 0.6) is 17.2 Å². The van der Waals surface area contributed by atoms with Crippen LogP contribution in [0, 0.1) is 0 Å². The van der Waals surface area contributed by atoms with Crippen LogP contribution in [0.25, 0.3) is 0 Å². The first-order valence-corrected chi connectivity index (χ1v) is 10.8. The summed E-state index contributed by atoms with van der Waals surface area (Å²) in [4.78, 5) is 30.4. The minimum absolute atomic E-state index is 0.0740. The maximum atomic E-state index is 12.6. The highest BCUT2D eigenvalue weighted by atomic mass is 16.6. The fourth-order valence-electron chi connectivity index (χ4n) is 4.50. The normalized spacial score (nSPS) is 19.0. The quantitative estimate of drug-likeness (QED) is 0.607. The summed E-state index contributed by atoms with van der Waals surface area (Å²) in [7, 11) is 4.79. The van der Waals surface area contributed by atoms with Gasteiger partial charge in [-0.2, -0.15) is 0 Å². The SMILES string of the molecule is COc1cc(Cn2ccnc2C2CCN(C(=O)C3CCC(=O)O3)CC2)cc(OC)c1OC. The molecule has 0 spiro atoms. The van der Waals surface area contributed by atoms with Crippen LogP contribution in [0.2, 0.25) is 0 Å². The van der Waals surface area contributed by atoms with Crippen molar-refractivity contribution in [2.45, 2.75) is 44.2 Å². The van der Waals surface area contributed by atoms with E-state index in [2.05, 4.69) is 9.55 Å². The average Bonchev–Trinajstić information content (AvgIpc) is 3.47. The van der Waals surface area contributed by atoms with Crippen molar-refractivity contribution < 1.29 is 28.5 Å². The van der Waals surface area contributed by atoms with Crippen molar-refractivity contribution >= 4 is 11.9 Å². The highest BCUT2D eigenvalue weighted by molar-refractivity contribution is 5.86. The summed E-state index contributed by atoms with van der Waals surface area (Å²) < 4.78 is 23.6. The standard InChI is InChI=1S/C23H29N3O6/c1-29-18-12-15(13-19(30-2)21(18)31-3)14-26-11-8-24-22(26)16-6-9-25(10-7-16)23(28)17-4-5-20(27)32-17/h8,11-13,16-17H,4-7,9-10,14H2,1-3H3. The summed E-state index contributed by atoms with van der Waals surface area (Å²) in [6.45, 7) is 1.88. The highest BCUT2D eigenvalue weighted by Gasteiger charge is 2.35. The zero-order chi connectivity index (χ0) is 22.7. The molecule has 2 fully saturated rings. The largest absolute Gasteiger partial charge is 0.493 e. The van der Waals surface area contributed by atoms with Gasteiger partial charge in [0.1, 0.15) is 5.82 Å². The zero-order valence-corrected chi connectivity index (χ0v) is 18.7. The molecule has 0 N–H and O–H groups in total. The minimum atomic E-state index is -0.610. The van der Waals surface area contributed by atoms with Crippen LogP contribution in [-0.4, -0.2) is 66.9 Å². The van der Waals surface area contributed by atoms with E-state index in [1.165, 1.54) is 0 Å². The fourth-order valence-corrected chi connectivity index (χ4v) is 4.50. The molecule has 0 aliphatic carbocycles. The Kier molecular flexibility index (Phi) is 6.53. The van der Waals surface area contributed by atoms with Crippen LogP contribution in [0.3, 0.4) is 0 Å². The first-order valence-electron chi connectivity index (χ1n) is 10.8. The summed E-state index contributed by atoms with van der Waals surface area (Å²) in [5, 5.41) is 0. The van der Waals surface area contributed by atoms with Gasteiger partial charge in [0, 0.05) is 50.8 Å². The van der Waals surface area contributed by atoms with Crippen molar-refractivity contribution in [3.8, 4) is 17.2 Å². The highest BCUT2D eigenvalue weighted by Crippen LogP contribution is 2.38. The molecule has 1 amide bonds. The predicted octanol–water partition coefficient (Wildman–Crippen LogP) is 2.37. The maximum absolute atomic E-state index is 12.6. The van der Waals surface area contributed by atoms with E-state index in [4.69, 9.17) is 18.9 Å². The number of imidazole rings is 1. The van der Waals surface area contributed by atoms with E-state index in [0.717, 1.165) is 24.2 Å². The van der Waals surface area contributed by atoms with Crippen molar-refractivity contribution in [1.29, 1.82) is 0 Å². The molecule has 2 aliphatic heterocycles. The second-order valence-corrected chi connectivity index (χ2v) is 8.06. The smallest absolute Gasteiger partial charge is 0.306 e. The number of carbonyl (C=O) groups is 2. The Hall–Kier alpha value is -3.23. The van der Waals surface area contributed by atoms with Gasteiger partial charge in [-0.25, -0.2) is 4.98 Å². The van der Waals surface area contributed by atoms with E-state index >= 15 is 0 Å². The summed E-state index contributed by atoms with van der Waals surface area (Å²) >= 11 is 0. The van der Waals surface area contributed by atoms with Gasteiger partial charge in [-0.1, -0.05) is 0 Å². The van der Waals surface area contributed by atoms with Gasteiger partial charge in [0.25, 0.3) is 5.91 Å². The van der Waals surface area contributed by atoms with E-state index in [1.807, 2.05) is 29.4 Å². The molecule has 2 aromatic rings. The van der Waals surface area contributed by atoms with Crippen LogP contribution in [0.1, 0.15) is 43.0 Å². The van der Waals surface area contributed by atoms with Crippen LogP contribution < -0.4 is 14.2 Å². The Morgan fingerprint density at radius 3 is 2.34 bits per heavy atom. The number of benzene rings is 1. The first-order chi connectivity index (χ1) is 15.5. The summed E-state index contributed by atoms with van der Waals surface area (Å²) in [6.07, 6.45) is 5.61. The van der Waals surface area contributed by atoms with Gasteiger partial charge >= 0.3 is 5.97 Å². The van der Waals surface area contributed by atoms with Crippen LogP contribution in [0.4, 0.5) is 0 Å². The molecule has 1 aromatic carbocycles. The third kappa shape index (κ3) is 4.37. The number of esters is 1. The molecule has 1 unspecified atom stereocenters. The number of methoxy groups -OCH3 is 3. The third-order valence-corrected chi connectivity index (χ3v) is 6.16. The number of piperidine rings is 1. The molecule has 0 radical (unpaired) electrons. The van der Waals surface area contributed by atoms with Crippen LogP contribution in [-0.2, 0) is 20.9 Å². The molecule has 32 heavy (non-hydrogen) atoms. The Bertz CT molecular complexity index is 955. The van der Waals surface area contributed by atoms with Gasteiger partial charge in [-0.3, -0.25) is 9.59 Å². The Morgan fingerprint density at radius 2 is 1.78 bits per heavy atom. The zero-order valence-electron chi connectivity index (χ0n) is 18.7. The van der Waals surface area contributed by atoms with E-state index in [1.54, 1.807) is 21.3 Å². The Balaban J connectivity index is 1.44. The van der Waals surface area contributed by atoms with Crippen molar-refractivity contribution in [1.82, 2.24) is 14.5 Å². The lowest BCUT2D eigenvalue weighted by Gasteiger charge is -2.33. The lowest BCUT2D eigenvalue weighted by Crippen LogP contribution is -2.43. The van der Waals surface area contributed by atoms with Gasteiger partial charge in [-0.15, -0.1) is 0 Å². The Labute approximate surface area is 187 Å². The van der Waals surface area contributed by atoms with Crippen LogP contribution in [0.15, 0.2) is 24.5 Å². The van der Waals surface area contributed by atoms with Crippen LogP contribution >= 0.6 is 0 Å². The number of amides is 1. The van der Waals surface area contributed by atoms with E-state index in [0.29, 0.717) is 49.7 Å². The van der Waals surface area contributed by atoms with E-state index < -0.39 is 6.10 Å². The number of carbonyl (C=O) groups excluding carboxylic acids is 2. The molecule has 172 valence electrons. The monoisotopic (exact) mass is 443 g/mol. The predicted molar refractivity (Wildman–Crippen MR) is 115 cm³/mol. The average molecular weight is 444 g/mol. The molecule has 0 bridgehead atoms. The molecule has 3 heterocycles. The van der Waals surface area contributed by atoms with Gasteiger partial charge in [0.05, 0.1) is 21.3 Å². The van der Waals surface area contributed by atoms with Gasteiger partial charge in [0.15, 0.2) is 17.6 Å². The fraction of sp³-hybridized carbons (Fsp3) is 0.522. The number of nitrogens with zero attached hydrogens (tertiary/aromatic N) is 3. The molecular formula is C23H29N3O6. The number of aromatic nitrogens is 2. The topological polar surface area (TPSA) is 92.1 Å². The summed E-state index contributed by atoms with van der Waals surface area (Å²) in [6, 6.07) is 3.88. The number of likely N-dealkylation sites (tertiary alicyclic amines) is 1. The molecule has 4 rings (SSSR count). The lowest BCUT2D eigenvalue weighted by molar-refractivity contribution is -0.153. The first kappa shape index (κ1) is 22.0. The minimum Gasteiger partial charge on any atom is -0.493 e. The summed E-state index contributed by atoms with van der Waals surface area (Å²) in [5.74, 6) is 2.68. The number of hydrogen-bond acceptors (Lipinski definition) is 7. The van der Waals surface area contributed by atoms with Crippen molar-refractivity contribution in [3.05, 3.63) is 35.9 Å². The second-order valence-electron chi connectivity index (χ2n) is 8.06. The number of cyclic esters (lactones) is 1. The number of rotatable bonds is 7. The lowest BCUT2D eigenvalue weighted by atomic mass is 9.95. The maximum Gasteiger partial charge on any atom is 0.306 e.